The maximum absolute atomic E-state index is 12.2. The second-order valence-corrected chi connectivity index (χ2v) is 8.47. The molecule has 30 heavy (non-hydrogen) atoms. The minimum absolute atomic E-state index is 0.103. The topological polar surface area (TPSA) is 93.9 Å². The molecular weight excluding hydrogens is 396 g/mol. The second-order valence-electron chi connectivity index (χ2n) is 7.36. The third-order valence-electron chi connectivity index (χ3n) is 5.22. The minimum atomic E-state index is -0.103. The molecule has 1 saturated heterocycles. The average Bonchev–Trinajstić information content (AvgIpc) is 3.20. The van der Waals surface area contributed by atoms with Crippen molar-refractivity contribution in [2.45, 2.75) is 31.7 Å². The number of nitriles is 1. The number of benzene rings is 1. The Labute approximate surface area is 179 Å². The molecule has 1 aliphatic heterocycles. The Hall–Kier alpha value is -3.18. The third-order valence-corrected chi connectivity index (χ3v) is 6.32. The van der Waals surface area contributed by atoms with Gasteiger partial charge in [0.05, 0.1) is 20.8 Å². The number of pyridine rings is 1. The van der Waals surface area contributed by atoms with Gasteiger partial charge in [0.1, 0.15) is 11.9 Å². The molecule has 2 N–H and O–H groups in total. The number of anilines is 1. The number of aryl methyl sites for hydroxylation is 1. The quantitative estimate of drug-likeness (QED) is 0.596. The van der Waals surface area contributed by atoms with E-state index in [1.54, 1.807) is 23.6 Å². The number of para-hydroxylation sites is 1. The van der Waals surface area contributed by atoms with Crippen LogP contribution < -0.4 is 15.5 Å². The van der Waals surface area contributed by atoms with Crippen molar-refractivity contribution in [3.05, 3.63) is 53.2 Å². The molecule has 0 spiro atoms. The lowest BCUT2D eigenvalue weighted by Crippen LogP contribution is -2.48. The number of rotatable bonds is 6. The number of hydrogen-bond acceptors (Lipinski definition) is 6. The van der Waals surface area contributed by atoms with Gasteiger partial charge in [-0.3, -0.25) is 0 Å². The molecule has 0 unspecified atom stereocenters. The molecule has 0 atom stereocenters. The van der Waals surface area contributed by atoms with Crippen molar-refractivity contribution in [2.24, 2.45) is 0 Å². The summed E-state index contributed by atoms with van der Waals surface area (Å²) in [5.41, 5.74) is 1.61. The van der Waals surface area contributed by atoms with Crippen molar-refractivity contribution in [2.75, 3.05) is 24.5 Å². The van der Waals surface area contributed by atoms with Crippen LogP contribution in [0.1, 0.15) is 29.8 Å². The van der Waals surface area contributed by atoms with E-state index in [2.05, 4.69) is 37.6 Å². The number of amides is 2. The van der Waals surface area contributed by atoms with Crippen LogP contribution in [0.3, 0.4) is 0 Å². The van der Waals surface area contributed by atoms with E-state index in [0.29, 0.717) is 12.1 Å². The Morgan fingerprint density at radius 3 is 2.80 bits per heavy atom. The van der Waals surface area contributed by atoms with Gasteiger partial charge < -0.3 is 15.5 Å². The van der Waals surface area contributed by atoms with Crippen LogP contribution in [0.4, 0.5) is 10.6 Å². The summed E-state index contributed by atoms with van der Waals surface area (Å²) < 4.78 is 1.21. The number of urea groups is 1. The largest absolute Gasteiger partial charge is 0.356 e. The number of aromatic nitrogens is 2. The molecule has 154 valence electrons. The van der Waals surface area contributed by atoms with Gasteiger partial charge >= 0.3 is 6.03 Å². The molecule has 2 aromatic heterocycles. The van der Waals surface area contributed by atoms with E-state index in [4.69, 9.17) is 5.26 Å². The normalized spacial score (nSPS) is 14.4. The van der Waals surface area contributed by atoms with E-state index in [1.807, 2.05) is 24.3 Å². The highest BCUT2D eigenvalue weighted by atomic mass is 32.1. The highest BCUT2D eigenvalue weighted by Crippen LogP contribution is 2.22. The van der Waals surface area contributed by atoms with E-state index in [1.165, 1.54) is 4.70 Å². The van der Waals surface area contributed by atoms with Crippen molar-refractivity contribution in [3.63, 3.8) is 0 Å². The Morgan fingerprint density at radius 1 is 1.23 bits per heavy atom. The first-order chi connectivity index (χ1) is 14.7. The second kappa shape index (κ2) is 9.55. The van der Waals surface area contributed by atoms with Gasteiger partial charge in [-0.25, -0.2) is 14.8 Å². The molecule has 1 aromatic carbocycles. The monoisotopic (exact) mass is 420 g/mol. The number of carbonyl (C=O) groups is 1. The zero-order valence-electron chi connectivity index (χ0n) is 16.7. The van der Waals surface area contributed by atoms with E-state index in [0.717, 1.165) is 55.1 Å². The summed E-state index contributed by atoms with van der Waals surface area (Å²) in [4.78, 5) is 23.4. The average molecular weight is 421 g/mol. The summed E-state index contributed by atoms with van der Waals surface area (Å²) in [7, 11) is 0. The van der Waals surface area contributed by atoms with E-state index < -0.39 is 0 Å². The molecule has 7 nitrogen and oxygen atoms in total. The lowest BCUT2D eigenvalue weighted by atomic mass is 10.1. The predicted molar refractivity (Wildman–Crippen MR) is 119 cm³/mol. The molecular formula is C22H24N6OS. The number of carbonyl (C=O) groups excluding carboxylic acids is 1. The van der Waals surface area contributed by atoms with Gasteiger partial charge in [-0.15, -0.1) is 11.3 Å². The third kappa shape index (κ3) is 5.05. The first-order valence-corrected chi connectivity index (χ1v) is 11.0. The Kier molecular flexibility index (Phi) is 6.40. The number of nitrogens with one attached hydrogen (secondary N) is 2. The lowest BCUT2D eigenvalue weighted by molar-refractivity contribution is 0.234. The summed E-state index contributed by atoms with van der Waals surface area (Å²) in [6.45, 7) is 2.30. The van der Waals surface area contributed by atoms with Crippen LogP contribution in [0.25, 0.3) is 10.2 Å². The molecule has 0 radical (unpaired) electrons. The van der Waals surface area contributed by atoms with Gasteiger partial charge in [0, 0.05) is 38.3 Å². The summed E-state index contributed by atoms with van der Waals surface area (Å²) >= 11 is 1.72. The summed E-state index contributed by atoms with van der Waals surface area (Å²) in [5.74, 6) is 0.881. The van der Waals surface area contributed by atoms with Gasteiger partial charge in [-0.1, -0.05) is 12.1 Å². The number of piperidine rings is 1. The van der Waals surface area contributed by atoms with Gasteiger partial charge in [0.2, 0.25) is 0 Å². The van der Waals surface area contributed by atoms with Crippen LogP contribution in [-0.2, 0) is 6.42 Å². The van der Waals surface area contributed by atoms with Crippen LogP contribution >= 0.6 is 11.3 Å². The minimum Gasteiger partial charge on any atom is -0.356 e. The van der Waals surface area contributed by atoms with Crippen LogP contribution in [0.2, 0.25) is 0 Å². The number of nitrogens with zero attached hydrogens (tertiary/aromatic N) is 4. The van der Waals surface area contributed by atoms with Gasteiger partial charge in [0.15, 0.2) is 0 Å². The smallest absolute Gasteiger partial charge is 0.315 e. The van der Waals surface area contributed by atoms with Crippen molar-refractivity contribution in [1.29, 1.82) is 5.26 Å². The molecule has 1 aliphatic rings. The first-order valence-electron chi connectivity index (χ1n) is 10.2. The molecule has 1 fully saturated rings. The van der Waals surface area contributed by atoms with Crippen molar-refractivity contribution in [3.8, 4) is 6.07 Å². The molecule has 0 bridgehead atoms. The van der Waals surface area contributed by atoms with Gasteiger partial charge in [-0.05, 0) is 43.5 Å². The molecule has 3 heterocycles. The van der Waals surface area contributed by atoms with Gasteiger partial charge in [0.25, 0.3) is 0 Å². The molecule has 0 saturated carbocycles. The molecule has 4 rings (SSSR count). The van der Waals surface area contributed by atoms with Crippen molar-refractivity contribution >= 4 is 33.4 Å². The molecule has 2 amide bonds. The maximum Gasteiger partial charge on any atom is 0.315 e. The number of fused-ring (bicyclic) bond motifs is 1. The molecule has 0 aliphatic carbocycles. The van der Waals surface area contributed by atoms with Crippen molar-refractivity contribution < 1.29 is 4.79 Å². The fraction of sp³-hybridized carbons (Fsp3) is 0.364. The Morgan fingerprint density at radius 2 is 2.07 bits per heavy atom. The highest BCUT2D eigenvalue weighted by molar-refractivity contribution is 7.18. The van der Waals surface area contributed by atoms with Crippen molar-refractivity contribution in [1.82, 2.24) is 20.6 Å². The standard InChI is InChI=1S/C22H24N6OS/c23-14-16-7-8-20(25-15-16)28-12-9-17(10-13-28)26-22(29)24-11-3-6-21-27-18-4-1-2-5-19(18)30-21/h1-2,4-5,7-8,15,17H,3,6,9-13H2,(H2,24,26,29). The lowest BCUT2D eigenvalue weighted by Gasteiger charge is -2.33. The fourth-order valence-electron chi connectivity index (χ4n) is 3.60. The first kappa shape index (κ1) is 20.1. The number of thiazole rings is 1. The van der Waals surface area contributed by atoms with Crippen LogP contribution in [0, 0.1) is 11.3 Å². The van der Waals surface area contributed by atoms with E-state index in [9.17, 15) is 4.79 Å². The Balaban J connectivity index is 1.15. The van der Waals surface area contributed by atoms with Crippen LogP contribution in [-0.4, -0.2) is 41.7 Å². The van der Waals surface area contributed by atoms with Crippen LogP contribution in [0.5, 0.6) is 0 Å². The maximum atomic E-state index is 12.2. The van der Waals surface area contributed by atoms with Gasteiger partial charge in [-0.2, -0.15) is 5.26 Å². The van der Waals surface area contributed by atoms with E-state index >= 15 is 0 Å². The Bertz CT molecular complexity index is 1000. The summed E-state index contributed by atoms with van der Waals surface area (Å²) in [5, 5.41) is 16.0. The fourth-order valence-corrected chi connectivity index (χ4v) is 4.61. The summed E-state index contributed by atoms with van der Waals surface area (Å²) in [6.07, 6.45) is 5.09. The number of hydrogen-bond donors (Lipinski definition) is 2. The van der Waals surface area contributed by atoms with Crippen LogP contribution in [0.15, 0.2) is 42.6 Å². The predicted octanol–water partition coefficient (Wildman–Crippen LogP) is 3.46. The zero-order chi connectivity index (χ0) is 20.8. The SMILES string of the molecule is N#Cc1ccc(N2CCC(NC(=O)NCCCc3nc4ccccc4s3)CC2)nc1. The molecule has 8 heteroatoms. The van der Waals surface area contributed by atoms with E-state index in [-0.39, 0.29) is 12.1 Å². The highest BCUT2D eigenvalue weighted by Gasteiger charge is 2.21. The summed E-state index contributed by atoms with van der Waals surface area (Å²) in [6, 6.07) is 14.0. The molecule has 3 aromatic rings. The zero-order valence-corrected chi connectivity index (χ0v) is 17.5.